The Hall–Kier alpha value is -2.73. The maximum absolute atomic E-state index is 11.4. The molecule has 6 heteroatoms. The Labute approximate surface area is 120 Å². The summed E-state index contributed by atoms with van der Waals surface area (Å²) in [6, 6.07) is 8.91. The summed E-state index contributed by atoms with van der Waals surface area (Å²) in [6.45, 7) is 0.832. The van der Waals surface area contributed by atoms with E-state index in [0.717, 1.165) is 5.69 Å². The molecular formula is C15H13N3O3. The maximum Gasteiger partial charge on any atom is 0.339 e. The zero-order chi connectivity index (χ0) is 14.7. The van der Waals surface area contributed by atoms with Gasteiger partial charge in [-0.25, -0.2) is 14.8 Å². The fraction of sp³-hybridized carbons (Fsp3) is 0.133. The molecule has 2 heterocycles. The monoisotopic (exact) mass is 283 g/mol. The van der Waals surface area contributed by atoms with Gasteiger partial charge in [-0.05, 0) is 12.1 Å². The highest BCUT2D eigenvalue weighted by Crippen LogP contribution is 2.25. The van der Waals surface area contributed by atoms with Crippen molar-refractivity contribution in [3.8, 4) is 0 Å². The van der Waals surface area contributed by atoms with Gasteiger partial charge < -0.3 is 14.8 Å². The van der Waals surface area contributed by atoms with E-state index in [0.29, 0.717) is 29.8 Å². The summed E-state index contributed by atoms with van der Waals surface area (Å²) < 4.78 is 5.62. The zero-order valence-corrected chi connectivity index (χ0v) is 11.1. The minimum Gasteiger partial charge on any atom is -0.478 e. The SMILES string of the molecule is O=C(O)c1c(CNCc2ccncn2)oc2ccccc12. The minimum absolute atomic E-state index is 0.209. The van der Waals surface area contributed by atoms with E-state index in [1.807, 2.05) is 6.07 Å². The molecule has 0 aliphatic carbocycles. The topological polar surface area (TPSA) is 88.2 Å². The van der Waals surface area contributed by atoms with Gasteiger partial charge in [-0.3, -0.25) is 0 Å². The van der Waals surface area contributed by atoms with Crippen LogP contribution in [0.2, 0.25) is 0 Å². The first kappa shape index (κ1) is 13.3. The first-order valence-corrected chi connectivity index (χ1v) is 6.45. The Morgan fingerprint density at radius 3 is 2.86 bits per heavy atom. The maximum atomic E-state index is 11.4. The number of hydrogen-bond acceptors (Lipinski definition) is 5. The predicted octanol–water partition coefficient (Wildman–Crippen LogP) is 2.21. The number of rotatable bonds is 5. The summed E-state index contributed by atoms with van der Waals surface area (Å²) in [7, 11) is 0. The first-order chi connectivity index (χ1) is 10.3. The summed E-state index contributed by atoms with van der Waals surface area (Å²) in [5.74, 6) is -0.573. The molecule has 0 saturated carbocycles. The van der Waals surface area contributed by atoms with Crippen LogP contribution >= 0.6 is 0 Å². The summed E-state index contributed by atoms with van der Waals surface area (Å²) in [5.41, 5.74) is 1.62. The third-order valence-corrected chi connectivity index (χ3v) is 3.12. The number of hydrogen-bond donors (Lipinski definition) is 2. The van der Waals surface area contributed by atoms with Crippen molar-refractivity contribution < 1.29 is 14.3 Å². The number of aromatic nitrogens is 2. The zero-order valence-electron chi connectivity index (χ0n) is 11.1. The summed E-state index contributed by atoms with van der Waals surface area (Å²) in [5, 5.41) is 13.1. The van der Waals surface area contributed by atoms with E-state index >= 15 is 0 Å². The first-order valence-electron chi connectivity index (χ1n) is 6.45. The lowest BCUT2D eigenvalue weighted by atomic mass is 10.1. The van der Waals surface area contributed by atoms with Crippen molar-refractivity contribution in [3.63, 3.8) is 0 Å². The van der Waals surface area contributed by atoms with Gasteiger partial charge in [0.1, 0.15) is 23.2 Å². The third-order valence-electron chi connectivity index (χ3n) is 3.12. The third kappa shape index (κ3) is 2.75. The number of carboxylic acid groups (broad SMARTS) is 1. The highest BCUT2D eigenvalue weighted by Gasteiger charge is 2.19. The summed E-state index contributed by atoms with van der Waals surface area (Å²) in [6.07, 6.45) is 3.13. The van der Waals surface area contributed by atoms with E-state index < -0.39 is 5.97 Å². The Kier molecular flexibility index (Phi) is 3.61. The molecular weight excluding hydrogens is 270 g/mol. The van der Waals surface area contributed by atoms with Crippen LogP contribution in [0, 0.1) is 0 Å². The number of benzene rings is 1. The second-order valence-electron chi connectivity index (χ2n) is 4.51. The van der Waals surface area contributed by atoms with Crippen LogP contribution in [0.25, 0.3) is 11.0 Å². The van der Waals surface area contributed by atoms with Gasteiger partial charge in [0.2, 0.25) is 0 Å². The van der Waals surface area contributed by atoms with Gasteiger partial charge >= 0.3 is 5.97 Å². The second-order valence-corrected chi connectivity index (χ2v) is 4.51. The highest BCUT2D eigenvalue weighted by atomic mass is 16.4. The van der Waals surface area contributed by atoms with Crippen LogP contribution in [0.4, 0.5) is 0 Å². The smallest absolute Gasteiger partial charge is 0.339 e. The van der Waals surface area contributed by atoms with Crippen molar-refractivity contribution in [3.05, 3.63) is 59.9 Å². The largest absolute Gasteiger partial charge is 0.478 e. The second kappa shape index (κ2) is 5.72. The molecule has 0 atom stereocenters. The van der Waals surface area contributed by atoms with E-state index in [-0.39, 0.29) is 5.56 Å². The van der Waals surface area contributed by atoms with Gasteiger partial charge in [0.15, 0.2) is 0 Å². The van der Waals surface area contributed by atoms with E-state index in [9.17, 15) is 9.90 Å². The Balaban J connectivity index is 1.80. The summed E-state index contributed by atoms with van der Waals surface area (Å²) in [4.78, 5) is 19.4. The molecule has 0 unspecified atom stereocenters. The fourth-order valence-electron chi connectivity index (χ4n) is 2.18. The average molecular weight is 283 g/mol. The molecule has 0 fully saturated rings. The van der Waals surface area contributed by atoms with Gasteiger partial charge in [-0.15, -0.1) is 0 Å². The molecule has 106 valence electrons. The summed E-state index contributed by atoms with van der Waals surface area (Å²) >= 11 is 0. The number of para-hydroxylation sites is 1. The van der Waals surface area contributed by atoms with Gasteiger partial charge in [0, 0.05) is 18.1 Å². The van der Waals surface area contributed by atoms with E-state index in [1.165, 1.54) is 6.33 Å². The van der Waals surface area contributed by atoms with Crippen molar-refractivity contribution in [1.29, 1.82) is 0 Å². The van der Waals surface area contributed by atoms with Crippen LogP contribution in [-0.2, 0) is 13.1 Å². The lowest BCUT2D eigenvalue weighted by Gasteiger charge is -2.02. The van der Waals surface area contributed by atoms with Crippen molar-refractivity contribution in [2.75, 3.05) is 0 Å². The molecule has 21 heavy (non-hydrogen) atoms. The van der Waals surface area contributed by atoms with Gasteiger partial charge in [0.05, 0.1) is 12.2 Å². The molecule has 0 aliphatic rings. The normalized spacial score (nSPS) is 10.9. The number of furan rings is 1. The number of carboxylic acids is 1. The van der Waals surface area contributed by atoms with E-state index in [2.05, 4.69) is 15.3 Å². The van der Waals surface area contributed by atoms with Crippen molar-refractivity contribution in [2.45, 2.75) is 13.1 Å². The van der Waals surface area contributed by atoms with Crippen LogP contribution < -0.4 is 5.32 Å². The molecule has 0 amide bonds. The molecule has 0 aliphatic heterocycles. The van der Waals surface area contributed by atoms with Crippen LogP contribution in [0.5, 0.6) is 0 Å². The van der Waals surface area contributed by atoms with E-state index in [1.54, 1.807) is 30.5 Å². The molecule has 3 aromatic rings. The van der Waals surface area contributed by atoms with Crippen molar-refractivity contribution in [1.82, 2.24) is 15.3 Å². The van der Waals surface area contributed by atoms with Crippen LogP contribution in [0.1, 0.15) is 21.8 Å². The molecule has 6 nitrogen and oxygen atoms in total. The van der Waals surface area contributed by atoms with Crippen LogP contribution in [-0.4, -0.2) is 21.0 Å². The predicted molar refractivity (Wildman–Crippen MR) is 75.7 cm³/mol. The average Bonchev–Trinajstić information content (AvgIpc) is 2.86. The molecule has 0 saturated heterocycles. The molecule has 2 N–H and O–H groups in total. The number of fused-ring (bicyclic) bond motifs is 1. The fourth-order valence-corrected chi connectivity index (χ4v) is 2.18. The highest BCUT2D eigenvalue weighted by molar-refractivity contribution is 6.03. The van der Waals surface area contributed by atoms with Gasteiger partial charge in [-0.1, -0.05) is 18.2 Å². The molecule has 0 spiro atoms. The lowest BCUT2D eigenvalue weighted by Crippen LogP contribution is -2.15. The van der Waals surface area contributed by atoms with Crippen LogP contribution in [0.15, 0.2) is 47.3 Å². The number of aromatic carboxylic acids is 1. The molecule has 3 rings (SSSR count). The number of nitrogens with zero attached hydrogens (tertiary/aromatic N) is 2. The molecule has 0 bridgehead atoms. The standard InChI is InChI=1S/C15H13N3O3/c19-15(20)14-11-3-1-2-4-12(11)21-13(14)8-17-7-10-5-6-16-9-18-10/h1-6,9,17H,7-8H2,(H,19,20). The Morgan fingerprint density at radius 1 is 1.24 bits per heavy atom. The molecule has 2 aromatic heterocycles. The van der Waals surface area contributed by atoms with Crippen molar-refractivity contribution >= 4 is 16.9 Å². The van der Waals surface area contributed by atoms with E-state index in [4.69, 9.17) is 4.42 Å². The quantitative estimate of drug-likeness (QED) is 0.746. The number of carbonyl (C=O) groups is 1. The lowest BCUT2D eigenvalue weighted by molar-refractivity contribution is 0.0696. The Bertz CT molecular complexity index is 768. The molecule has 0 radical (unpaired) electrons. The Morgan fingerprint density at radius 2 is 2.10 bits per heavy atom. The number of nitrogens with one attached hydrogen (secondary N) is 1. The molecule has 1 aromatic carbocycles. The van der Waals surface area contributed by atoms with Crippen molar-refractivity contribution in [2.24, 2.45) is 0 Å². The van der Waals surface area contributed by atoms with Gasteiger partial charge in [-0.2, -0.15) is 0 Å². The van der Waals surface area contributed by atoms with Gasteiger partial charge in [0.25, 0.3) is 0 Å². The van der Waals surface area contributed by atoms with Crippen LogP contribution in [0.3, 0.4) is 0 Å². The minimum atomic E-state index is -0.987.